The number of piperidine rings is 1. The molecule has 13 heteroatoms. The minimum atomic E-state index is -0.839. The summed E-state index contributed by atoms with van der Waals surface area (Å²) in [6.45, 7) is 14.9. The van der Waals surface area contributed by atoms with Gasteiger partial charge in [-0.1, -0.05) is 6.07 Å². The molecule has 9 rings (SSSR count). The van der Waals surface area contributed by atoms with E-state index in [2.05, 4.69) is 47.8 Å². The number of ketones is 2. The number of carbonyl (C=O) groups is 4. The Morgan fingerprint density at radius 2 is 1.52 bits per heavy atom. The number of likely N-dealkylation sites (tertiary alicyclic amines) is 1. The number of fused-ring (bicyclic) bond motifs is 2. The van der Waals surface area contributed by atoms with Gasteiger partial charge in [0.15, 0.2) is 5.78 Å². The van der Waals surface area contributed by atoms with Crippen molar-refractivity contribution in [3.63, 3.8) is 0 Å². The fraction of sp³-hybridized carbons (Fsp3) is 0.512. The van der Waals surface area contributed by atoms with Gasteiger partial charge in [0.05, 0.1) is 47.6 Å². The minimum absolute atomic E-state index is 0.111. The Kier molecular flexibility index (Phi) is 9.91. The van der Waals surface area contributed by atoms with Crippen LogP contribution in [0.2, 0.25) is 0 Å². The van der Waals surface area contributed by atoms with E-state index >= 15 is 0 Å². The van der Waals surface area contributed by atoms with Crippen molar-refractivity contribution in [3.8, 4) is 5.75 Å². The molecule has 0 radical (unpaired) electrons. The van der Waals surface area contributed by atoms with Crippen LogP contribution >= 0.6 is 0 Å². The Morgan fingerprint density at radius 1 is 0.750 bits per heavy atom. The molecule has 56 heavy (non-hydrogen) atoms. The standard InChI is InChI=1S/C43H50N8O5/c1-27(2)56-33-6-3-29-23-44-41(35(29)21-33)37-22-40(46-26-45-37)50-17-15-47(16-18-50)13-14-48-24-30(25-48)28-9-11-49(12-10-28)31-4-7-34-36(19-31)43(55)51(42(34)54)38-8-5-32(52)20-39(38)53/h3-4,6-7,19,21-22,26-28,30,38H,5,8-18,20,23-25H2,1-2H3. The van der Waals surface area contributed by atoms with Crippen LogP contribution in [-0.4, -0.2) is 131 Å². The second kappa shape index (κ2) is 15.2. The number of hydrogen-bond acceptors (Lipinski definition) is 12. The number of imide groups is 1. The van der Waals surface area contributed by atoms with Gasteiger partial charge in [0, 0.05) is 89.2 Å². The van der Waals surface area contributed by atoms with Crippen LogP contribution in [0.5, 0.6) is 5.75 Å². The highest BCUT2D eigenvalue weighted by atomic mass is 16.5. The van der Waals surface area contributed by atoms with Crippen molar-refractivity contribution < 1.29 is 23.9 Å². The first-order valence-electron chi connectivity index (χ1n) is 20.4. The summed E-state index contributed by atoms with van der Waals surface area (Å²) in [6.07, 6.45) is 4.23. The van der Waals surface area contributed by atoms with Crippen LogP contribution in [0, 0.1) is 11.8 Å². The van der Waals surface area contributed by atoms with Crippen molar-refractivity contribution >= 4 is 40.6 Å². The molecule has 3 aromatic rings. The molecule has 292 valence electrons. The van der Waals surface area contributed by atoms with E-state index in [4.69, 9.17) is 9.73 Å². The second-order valence-electron chi connectivity index (χ2n) is 16.5. The van der Waals surface area contributed by atoms with Gasteiger partial charge in [-0.05, 0) is 80.8 Å². The van der Waals surface area contributed by atoms with Crippen molar-refractivity contribution in [2.75, 3.05) is 75.2 Å². The Labute approximate surface area is 327 Å². The summed E-state index contributed by atoms with van der Waals surface area (Å²) in [5.41, 5.74) is 5.72. The van der Waals surface area contributed by atoms with E-state index in [-0.39, 0.29) is 36.9 Å². The third-order valence-corrected chi connectivity index (χ3v) is 12.6. The van der Waals surface area contributed by atoms with Gasteiger partial charge >= 0.3 is 0 Å². The number of nitrogens with zero attached hydrogens (tertiary/aromatic N) is 8. The summed E-state index contributed by atoms with van der Waals surface area (Å²) in [5, 5.41) is 0. The lowest BCUT2D eigenvalue weighted by molar-refractivity contribution is -0.132. The van der Waals surface area contributed by atoms with Crippen molar-refractivity contribution in [1.29, 1.82) is 0 Å². The fourth-order valence-electron chi connectivity index (χ4n) is 9.44. The van der Waals surface area contributed by atoms with Gasteiger partial charge in [-0.15, -0.1) is 0 Å². The van der Waals surface area contributed by atoms with Gasteiger partial charge in [0.1, 0.15) is 23.7 Å². The highest BCUT2D eigenvalue weighted by Gasteiger charge is 2.45. The molecule has 0 N–H and O–H groups in total. The average Bonchev–Trinajstić information content (AvgIpc) is 3.71. The monoisotopic (exact) mass is 758 g/mol. The van der Waals surface area contributed by atoms with Crippen LogP contribution in [0.4, 0.5) is 11.5 Å². The van der Waals surface area contributed by atoms with Gasteiger partial charge in [-0.2, -0.15) is 0 Å². The molecule has 1 saturated carbocycles. The summed E-state index contributed by atoms with van der Waals surface area (Å²) in [7, 11) is 0. The molecule has 1 aliphatic carbocycles. The average molecular weight is 759 g/mol. The van der Waals surface area contributed by atoms with Crippen molar-refractivity contribution in [3.05, 3.63) is 76.7 Å². The lowest BCUT2D eigenvalue weighted by Gasteiger charge is -2.47. The number of piperazine rings is 1. The van der Waals surface area contributed by atoms with Crippen molar-refractivity contribution in [2.24, 2.45) is 16.8 Å². The van der Waals surface area contributed by atoms with E-state index in [1.54, 1.807) is 12.4 Å². The summed E-state index contributed by atoms with van der Waals surface area (Å²) in [6, 6.07) is 12.9. The molecule has 1 aromatic heterocycles. The number of ether oxygens (including phenoxy) is 1. The topological polar surface area (TPSA) is 132 Å². The summed E-state index contributed by atoms with van der Waals surface area (Å²) in [5.74, 6) is 1.91. The predicted octanol–water partition coefficient (Wildman–Crippen LogP) is 3.87. The molecule has 1 atom stereocenters. The first kappa shape index (κ1) is 36.6. The zero-order valence-electron chi connectivity index (χ0n) is 32.4. The number of rotatable bonds is 10. The predicted molar refractivity (Wildman–Crippen MR) is 212 cm³/mol. The molecule has 4 fully saturated rings. The lowest BCUT2D eigenvalue weighted by atomic mass is 9.79. The molecule has 2 amide bonds. The van der Waals surface area contributed by atoms with Crippen LogP contribution < -0.4 is 14.5 Å². The number of amides is 2. The molecule has 5 aliphatic heterocycles. The zero-order valence-corrected chi connectivity index (χ0v) is 32.4. The summed E-state index contributed by atoms with van der Waals surface area (Å²) >= 11 is 0. The highest BCUT2D eigenvalue weighted by molar-refractivity contribution is 6.24. The number of benzene rings is 2. The van der Waals surface area contributed by atoms with E-state index < -0.39 is 17.9 Å². The molecule has 3 saturated heterocycles. The van der Waals surface area contributed by atoms with E-state index in [9.17, 15) is 19.2 Å². The maximum atomic E-state index is 13.4. The van der Waals surface area contributed by atoms with Gasteiger partial charge in [-0.25, -0.2) is 9.97 Å². The third-order valence-electron chi connectivity index (χ3n) is 12.6. The van der Waals surface area contributed by atoms with Crippen molar-refractivity contribution in [1.82, 2.24) is 24.7 Å². The van der Waals surface area contributed by atoms with Gasteiger partial charge in [-0.3, -0.25) is 34.0 Å². The molecule has 0 bridgehead atoms. The number of aliphatic imine (C=N–C) groups is 1. The first-order chi connectivity index (χ1) is 27.2. The Morgan fingerprint density at radius 3 is 2.29 bits per heavy atom. The normalized spacial score (nSPS) is 22.5. The summed E-state index contributed by atoms with van der Waals surface area (Å²) in [4.78, 5) is 75.8. The Hall–Kier alpha value is -5.01. The minimum Gasteiger partial charge on any atom is -0.491 e. The van der Waals surface area contributed by atoms with E-state index in [0.717, 1.165) is 123 Å². The second-order valence-corrected chi connectivity index (χ2v) is 16.5. The van der Waals surface area contributed by atoms with Crippen LogP contribution in [0.3, 0.4) is 0 Å². The Balaban J connectivity index is 0.711. The van der Waals surface area contributed by atoms with Crippen LogP contribution in [0.15, 0.2) is 53.8 Å². The smallest absolute Gasteiger partial charge is 0.262 e. The number of anilines is 2. The maximum Gasteiger partial charge on any atom is 0.262 e. The van der Waals surface area contributed by atoms with Crippen LogP contribution in [0.1, 0.15) is 83.5 Å². The van der Waals surface area contributed by atoms with Crippen LogP contribution in [0.25, 0.3) is 0 Å². The lowest BCUT2D eigenvalue weighted by Crippen LogP contribution is -2.55. The third kappa shape index (κ3) is 7.11. The molecule has 6 heterocycles. The molecule has 13 nitrogen and oxygen atoms in total. The fourth-order valence-corrected chi connectivity index (χ4v) is 9.44. The maximum absolute atomic E-state index is 13.4. The Bertz CT molecular complexity index is 2080. The number of carbonyl (C=O) groups excluding carboxylic acids is 4. The van der Waals surface area contributed by atoms with E-state index in [1.165, 1.54) is 5.56 Å². The van der Waals surface area contributed by atoms with Crippen LogP contribution in [-0.2, 0) is 16.1 Å². The molecular formula is C43H50N8O5. The summed E-state index contributed by atoms with van der Waals surface area (Å²) < 4.78 is 5.95. The molecular weight excluding hydrogens is 709 g/mol. The van der Waals surface area contributed by atoms with Crippen molar-refractivity contribution in [2.45, 2.75) is 64.6 Å². The highest BCUT2D eigenvalue weighted by Crippen LogP contribution is 2.36. The van der Waals surface area contributed by atoms with Gasteiger partial charge in [0.25, 0.3) is 11.8 Å². The number of Topliss-reactive ketones (excluding diaryl/α,β-unsaturated/α-hetero) is 2. The molecule has 2 aromatic carbocycles. The molecule has 6 aliphatic rings. The zero-order chi connectivity index (χ0) is 38.5. The van der Waals surface area contributed by atoms with E-state index in [1.807, 2.05) is 32.0 Å². The van der Waals surface area contributed by atoms with Gasteiger partial charge in [0.2, 0.25) is 0 Å². The number of aromatic nitrogens is 2. The molecule has 1 unspecified atom stereocenters. The molecule has 0 spiro atoms. The number of hydrogen-bond donors (Lipinski definition) is 0. The van der Waals surface area contributed by atoms with Gasteiger partial charge < -0.3 is 19.4 Å². The largest absolute Gasteiger partial charge is 0.491 e. The SMILES string of the molecule is CC(C)Oc1ccc2c(c1)C(c1cc(N3CCN(CCN4CC(C5CCN(c6ccc7c(c6)C(=O)N(C6CCC(=O)CC6=O)C7=O)CC5)C4)CC3)ncn1)=NC2. The quantitative estimate of drug-likeness (QED) is 0.221. The first-order valence-corrected chi connectivity index (χ1v) is 20.4. The van der Waals surface area contributed by atoms with E-state index in [0.29, 0.717) is 23.6 Å².